The first-order valence-electron chi connectivity index (χ1n) is 5.93. The fourth-order valence-electron chi connectivity index (χ4n) is 2.04. The van der Waals surface area contributed by atoms with Gasteiger partial charge in [0.05, 0.1) is 13.7 Å². The first-order valence-corrected chi connectivity index (χ1v) is 5.93. The summed E-state index contributed by atoms with van der Waals surface area (Å²) in [5, 5.41) is 10.00. The van der Waals surface area contributed by atoms with Crippen LogP contribution in [0.1, 0.15) is 35.3 Å². The Morgan fingerprint density at radius 2 is 1.94 bits per heavy atom. The zero-order valence-electron chi connectivity index (χ0n) is 11.5. The number of ether oxygens (including phenoxy) is 2. The van der Waals surface area contributed by atoms with Gasteiger partial charge in [-0.3, -0.25) is 0 Å². The highest BCUT2D eigenvalue weighted by Crippen LogP contribution is 2.31. The number of carbonyl (C=O) groups excluding carboxylic acids is 1. The topological polar surface area (TPSA) is 55.8 Å². The molecule has 0 aliphatic carbocycles. The molecule has 1 N–H and O–H groups in total. The van der Waals surface area contributed by atoms with Crippen LogP contribution in [0.4, 0.5) is 0 Å². The molecule has 0 radical (unpaired) electrons. The van der Waals surface area contributed by atoms with Crippen molar-refractivity contribution in [2.24, 2.45) is 0 Å². The molecule has 18 heavy (non-hydrogen) atoms. The molecule has 1 rings (SSSR count). The molecule has 1 atom stereocenters. The second-order valence-electron chi connectivity index (χ2n) is 4.22. The van der Waals surface area contributed by atoms with Crippen LogP contribution in [0, 0.1) is 20.8 Å². The van der Waals surface area contributed by atoms with Crippen molar-refractivity contribution in [2.75, 3.05) is 13.7 Å². The number of aliphatic hydroxyl groups excluding tert-OH is 1. The maximum absolute atomic E-state index is 11.6. The lowest BCUT2D eigenvalue weighted by atomic mass is 9.95. The third-order valence-electron chi connectivity index (χ3n) is 3.07. The highest BCUT2D eigenvalue weighted by atomic mass is 16.5. The number of carbonyl (C=O) groups is 1. The van der Waals surface area contributed by atoms with Crippen molar-refractivity contribution in [3.8, 4) is 5.75 Å². The molecule has 1 aromatic carbocycles. The van der Waals surface area contributed by atoms with Crippen LogP contribution in [-0.4, -0.2) is 24.8 Å². The normalized spacial score (nSPS) is 12.1. The average Bonchev–Trinajstić information content (AvgIpc) is 2.34. The van der Waals surface area contributed by atoms with Gasteiger partial charge in [-0.1, -0.05) is 0 Å². The maximum Gasteiger partial charge on any atom is 0.339 e. The number of hydrogen-bond donors (Lipinski definition) is 1. The zero-order valence-corrected chi connectivity index (χ0v) is 11.5. The second kappa shape index (κ2) is 5.87. The lowest BCUT2D eigenvalue weighted by Gasteiger charge is -2.18. The van der Waals surface area contributed by atoms with E-state index in [9.17, 15) is 9.90 Å². The summed E-state index contributed by atoms with van der Waals surface area (Å²) in [6, 6.07) is 1.77. The maximum atomic E-state index is 11.6. The molecular formula is C14H20O4. The summed E-state index contributed by atoms with van der Waals surface area (Å²) in [5.41, 5.74) is 3.23. The minimum absolute atomic E-state index is 0.253. The molecule has 4 nitrogen and oxygen atoms in total. The van der Waals surface area contributed by atoms with Crippen LogP contribution in [0.3, 0.4) is 0 Å². The number of rotatable bonds is 4. The van der Waals surface area contributed by atoms with Gasteiger partial charge in [0.1, 0.15) is 5.75 Å². The van der Waals surface area contributed by atoms with E-state index in [2.05, 4.69) is 0 Å². The van der Waals surface area contributed by atoms with Crippen molar-refractivity contribution in [1.82, 2.24) is 0 Å². The van der Waals surface area contributed by atoms with Crippen LogP contribution < -0.4 is 4.74 Å². The Kier molecular flexibility index (Phi) is 4.73. The first-order chi connectivity index (χ1) is 8.43. The van der Waals surface area contributed by atoms with Crippen LogP contribution in [0.2, 0.25) is 0 Å². The Labute approximate surface area is 108 Å². The monoisotopic (exact) mass is 252 g/mol. The minimum atomic E-state index is -1.24. The Hall–Kier alpha value is -1.55. The standard InChI is InChI=1S/C14H20O4/c1-6-18-14(16)12(15)11-7-8(2)13(17-5)10(4)9(11)3/h7,12,15H,6H2,1-5H3. The molecule has 0 saturated heterocycles. The van der Waals surface area contributed by atoms with Crippen molar-refractivity contribution in [1.29, 1.82) is 0 Å². The summed E-state index contributed by atoms with van der Waals surface area (Å²) >= 11 is 0. The number of benzene rings is 1. The third-order valence-corrected chi connectivity index (χ3v) is 3.07. The fourth-order valence-corrected chi connectivity index (χ4v) is 2.04. The molecule has 0 saturated carbocycles. The van der Waals surface area contributed by atoms with Gasteiger partial charge in [0.15, 0.2) is 6.10 Å². The number of hydrogen-bond acceptors (Lipinski definition) is 4. The van der Waals surface area contributed by atoms with Crippen molar-refractivity contribution in [3.05, 3.63) is 28.3 Å². The predicted molar refractivity (Wildman–Crippen MR) is 68.8 cm³/mol. The van der Waals surface area contributed by atoms with Crippen LogP contribution in [0.5, 0.6) is 5.75 Å². The summed E-state index contributed by atoms with van der Waals surface area (Å²) in [6.45, 7) is 7.61. The van der Waals surface area contributed by atoms with Crippen LogP contribution in [-0.2, 0) is 9.53 Å². The molecule has 1 unspecified atom stereocenters. The van der Waals surface area contributed by atoms with Crippen molar-refractivity contribution >= 4 is 5.97 Å². The van der Waals surface area contributed by atoms with Gasteiger partial charge in [0.2, 0.25) is 0 Å². The molecule has 0 fully saturated rings. The molecule has 1 aromatic rings. The van der Waals surface area contributed by atoms with Gasteiger partial charge in [-0.05, 0) is 56.0 Å². The summed E-state index contributed by atoms with van der Waals surface area (Å²) in [5.74, 6) is 0.164. The molecule has 0 bridgehead atoms. The van der Waals surface area contributed by atoms with E-state index in [1.807, 2.05) is 20.8 Å². The number of aryl methyl sites for hydroxylation is 1. The average molecular weight is 252 g/mol. The van der Waals surface area contributed by atoms with Crippen LogP contribution in [0.15, 0.2) is 6.07 Å². The van der Waals surface area contributed by atoms with Gasteiger partial charge < -0.3 is 14.6 Å². The van der Waals surface area contributed by atoms with E-state index in [-0.39, 0.29) is 6.61 Å². The van der Waals surface area contributed by atoms with Gasteiger partial charge in [-0.2, -0.15) is 0 Å². The van der Waals surface area contributed by atoms with Gasteiger partial charge in [0.25, 0.3) is 0 Å². The molecule has 100 valence electrons. The minimum Gasteiger partial charge on any atom is -0.496 e. The molecule has 0 spiro atoms. The van der Waals surface area contributed by atoms with E-state index >= 15 is 0 Å². The first kappa shape index (κ1) is 14.5. The Bertz CT molecular complexity index is 452. The summed E-state index contributed by atoms with van der Waals surface area (Å²) in [4.78, 5) is 11.6. The summed E-state index contributed by atoms with van der Waals surface area (Å²) in [7, 11) is 1.61. The van der Waals surface area contributed by atoms with E-state index in [4.69, 9.17) is 9.47 Å². The number of methoxy groups -OCH3 is 1. The second-order valence-corrected chi connectivity index (χ2v) is 4.22. The van der Waals surface area contributed by atoms with E-state index < -0.39 is 12.1 Å². The van der Waals surface area contributed by atoms with E-state index in [0.717, 1.165) is 22.4 Å². The van der Waals surface area contributed by atoms with E-state index in [1.165, 1.54) is 0 Å². The Morgan fingerprint density at radius 3 is 2.44 bits per heavy atom. The molecule has 0 aliphatic rings. The number of esters is 1. The highest BCUT2D eigenvalue weighted by Gasteiger charge is 2.23. The van der Waals surface area contributed by atoms with Crippen LogP contribution in [0.25, 0.3) is 0 Å². The Balaban J connectivity index is 3.22. The Morgan fingerprint density at radius 1 is 1.33 bits per heavy atom. The molecular weight excluding hydrogens is 232 g/mol. The number of aliphatic hydroxyl groups is 1. The quantitative estimate of drug-likeness (QED) is 0.835. The van der Waals surface area contributed by atoms with E-state index in [0.29, 0.717) is 5.56 Å². The SMILES string of the molecule is CCOC(=O)C(O)c1cc(C)c(OC)c(C)c1C. The van der Waals surface area contributed by atoms with Crippen molar-refractivity contribution in [3.63, 3.8) is 0 Å². The molecule has 0 heterocycles. The molecule has 0 amide bonds. The van der Waals surface area contributed by atoms with Gasteiger partial charge >= 0.3 is 5.97 Å². The lowest BCUT2D eigenvalue weighted by molar-refractivity contribution is -0.153. The van der Waals surface area contributed by atoms with Crippen molar-refractivity contribution < 1.29 is 19.4 Å². The summed E-state index contributed by atoms with van der Waals surface area (Å²) in [6.07, 6.45) is -1.24. The largest absolute Gasteiger partial charge is 0.496 e. The van der Waals surface area contributed by atoms with Gasteiger partial charge in [0, 0.05) is 0 Å². The molecule has 0 aliphatic heterocycles. The lowest BCUT2D eigenvalue weighted by Crippen LogP contribution is -2.17. The van der Waals surface area contributed by atoms with E-state index in [1.54, 1.807) is 20.1 Å². The van der Waals surface area contributed by atoms with Gasteiger partial charge in [-0.15, -0.1) is 0 Å². The van der Waals surface area contributed by atoms with Crippen LogP contribution >= 0.6 is 0 Å². The molecule has 4 heteroatoms. The zero-order chi connectivity index (χ0) is 13.9. The fraction of sp³-hybridized carbons (Fsp3) is 0.500. The smallest absolute Gasteiger partial charge is 0.339 e. The summed E-state index contributed by atoms with van der Waals surface area (Å²) < 4.78 is 10.1. The predicted octanol–water partition coefficient (Wildman–Crippen LogP) is 2.22. The molecule has 0 aromatic heterocycles. The third kappa shape index (κ3) is 2.64. The van der Waals surface area contributed by atoms with Crippen molar-refractivity contribution in [2.45, 2.75) is 33.8 Å². The van der Waals surface area contributed by atoms with Gasteiger partial charge in [-0.25, -0.2) is 4.79 Å². The highest BCUT2D eigenvalue weighted by molar-refractivity contribution is 5.77.